The first-order chi connectivity index (χ1) is 8.33. The van der Waals surface area contributed by atoms with Crippen LogP contribution in [-0.4, -0.2) is 62.2 Å². The van der Waals surface area contributed by atoms with E-state index in [1.54, 1.807) is 0 Å². The van der Waals surface area contributed by atoms with Crippen LogP contribution < -0.4 is 5.32 Å². The van der Waals surface area contributed by atoms with Crippen LogP contribution in [0.3, 0.4) is 0 Å². The summed E-state index contributed by atoms with van der Waals surface area (Å²) in [5, 5.41) is 13.0. The molecular weight excluding hydrogens is 238 g/mol. The number of aliphatic hydroxyl groups is 1. The molecule has 0 aromatic rings. The molecule has 0 aromatic heterocycles. The van der Waals surface area contributed by atoms with E-state index in [1.165, 1.54) is 17.9 Å². The van der Waals surface area contributed by atoms with Crippen molar-refractivity contribution in [1.82, 2.24) is 5.32 Å². The van der Waals surface area contributed by atoms with Crippen LogP contribution in [0.15, 0.2) is 0 Å². The van der Waals surface area contributed by atoms with Crippen molar-refractivity contribution in [1.29, 1.82) is 0 Å². The average molecular weight is 263 g/mol. The fourth-order valence-electron chi connectivity index (χ4n) is 1.74. The Labute approximate surface area is 108 Å². The number of hydrogen-bond acceptors (Lipinski definition) is 5. The van der Waals surface area contributed by atoms with Gasteiger partial charge in [0, 0.05) is 13.2 Å². The van der Waals surface area contributed by atoms with Gasteiger partial charge in [-0.05, 0) is 37.3 Å². The summed E-state index contributed by atoms with van der Waals surface area (Å²) in [7, 11) is 0. The molecule has 0 radical (unpaired) electrons. The van der Waals surface area contributed by atoms with Crippen molar-refractivity contribution in [3.05, 3.63) is 0 Å². The lowest BCUT2D eigenvalue weighted by atomic mass is 10.1. The number of aliphatic hydroxyl groups excluding tert-OH is 1. The Morgan fingerprint density at radius 2 is 2.24 bits per heavy atom. The molecule has 2 unspecified atom stereocenters. The molecule has 1 rings (SSSR count). The zero-order chi connectivity index (χ0) is 12.3. The van der Waals surface area contributed by atoms with Gasteiger partial charge in [-0.15, -0.1) is 0 Å². The molecule has 1 fully saturated rings. The van der Waals surface area contributed by atoms with E-state index in [2.05, 4.69) is 5.32 Å². The third-order valence-electron chi connectivity index (χ3n) is 2.72. The maximum Gasteiger partial charge on any atom is 0.0897 e. The maximum absolute atomic E-state index is 9.65. The Morgan fingerprint density at radius 3 is 2.94 bits per heavy atom. The maximum atomic E-state index is 9.65. The second-order valence-electron chi connectivity index (χ2n) is 4.31. The molecule has 1 aliphatic rings. The van der Waals surface area contributed by atoms with E-state index in [9.17, 15) is 5.11 Å². The molecule has 0 amide bonds. The number of ether oxygens (including phenoxy) is 2. The SMILES string of the molecule is CCOCCOCC(O)CNCC1CCSC1. The molecule has 1 aliphatic heterocycles. The van der Waals surface area contributed by atoms with Gasteiger partial charge >= 0.3 is 0 Å². The predicted octanol–water partition coefficient (Wildman–Crippen LogP) is 0.743. The highest BCUT2D eigenvalue weighted by Crippen LogP contribution is 2.22. The lowest BCUT2D eigenvalue weighted by Crippen LogP contribution is -2.33. The molecule has 5 heteroatoms. The average Bonchev–Trinajstić information content (AvgIpc) is 2.82. The second-order valence-corrected chi connectivity index (χ2v) is 5.46. The van der Waals surface area contributed by atoms with Crippen molar-refractivity contribution in [3.63, 3.8) is 0 Å². The van der Waals surface area contributed by atoms with Gasteiger partial charge in [0.1, 0.15) is 0 Å². The van der Waals surface area contributed by atoms with Crippen molar-refractivity contribution in [2.75, 3.05) is 51.0 Å². The van der Waals surface area contributed by atoms with E-state index >= 15 is 0 Å². The summed E-state index contributed by atoms with van der Waals surface area (Å²) in [4.78, 5) is 0. The summed E-state index contributed by atoms with van der Waals surface area (Å²) in [6.45, 7) is 5.87. The topological polar surface area (TPSA) is 50.7 Å². The first-order valence-corrected chi connectivity index (χ1v) is 7.60. The molecule has 1 saturated heterocycles. The lowest BCUT2D eigenvalue weighted by molar-refractivity contribution is 0.00637. The zero-order valence-corrected chi connectivity index (χ0v) is 11.5. The van der Waals surface area contributed by atoms with Gasteiger partial charge in [-0.1, -0.05) is 0 Å². The highest BCUT2D eigenvalue weighted by Gasteiger charge is 2.15. The number of rotatable bonds is 10. The summed E-state index contributed by atoms with van der Waals surface area (Å²) < 4.78 is 10.4. The molecule has 102 valence electrons. The molecule has 0 aliphatic carbocycles. The van der Waals surface area contributed by atoms with Crippen LogP contribution in [0.1, 0.15) is 13.3 Å². The summed E-state index contributed by atoms with van der Waals surface area (Å²) in [5.74, 6) is 3.33. The molecule has 0 bridgehead atoms. The Kier molecular flexibility index (Phi) is 9.10. The molecule has 1 heterocycles. The van der Waals surface area contributed by atoms with Crippen LogP contribution in [0.2, 0.25) is 0 Å². The standard InChI is InChI=1S/C12H25NO3S/c1-2-15-4-5-16-9-12(14)8-13-7-11-3-6-17-10-11/h11-14H,2-10H2,1H3. The molecule has 0 aromatic carbocycles. The van der Waals surface area contributed by atoms with Gasteiger partial charge < -0.3 is 19.9 Å². The van der Waals surface area contributed by atoms with Gasteiger partial charge in [-0.25, -0.2) is 0 Å². The molecule has 2 N–H and O–H groups in total. The predicted molar refractivity (Wildman–Crippen MR) is 71.6 cm³/mol. The van der Waals surface area contributed by atoms with Crippen LogP contribution in [0.5, 0.6) is 0 Å². The second kappa shape index (κ2) is 10.1. The fraction of sp³-hybridized carbons (Fsp3) is 1.00. The highest BCUT2D eigenvalue weighted by atomic mass is 32.2. The smallest absolute Gasteiger partial charge is 0.0897 e. The first-order valence-electron chi connectivity index (χ1n) is 6.45. The number of hydrogen-bond donors (Lipinski definition) is 2. The Hall–Kier alpha value is 0.190. The van der Waals surface area contributed by atoms with Crippen LogP contribution >= 0.6 is 11.8 Å². The molecule has 0 spiro atoms. The number of thioether (sulfide) groups is 1. The minimum atomic E-state index is -0.411. The zero-order valence-electron chi connectivity index (χ0n) is 10.7. The van der Waals surface area contributed by atoms with E-state index in [1.807, 2.05) is 18.7 Å². The number of nitrogens with one attached hydrogen (secondary N) is 1. The van der Waals surface area contributed by atoms with Gasteiger partial charge in [0.25, 0.3) is 0 Å². The summed E-state index contributed by atoms with van der Waals surface area (Å²) >= 11 is 2.02. The van der Waals surface area contributed by atoms with E-state index in [4.69, 9.17) is 9.47 Å². The van der Waals surface area contributed by atoms with Gasteiger partial charge in [-0.2, -0.15) is 11.8 Å². The fourth-order valence-corrected chi connectivity index (χ4v) is 3.02. The highest BCUT2D eigenvalue weighted by molar-refractivity contribution is 7.99. The van der Waals surface area contributed by atoms with E-state index in [0.717, 1.165) is 12.5 Å². The van der Waals surface area contributed by atoms with Crippen molar-refractivity contribution < 1.29 is 14.6 Å². The van der Waals surface area contributed by atoms with Crippen LogP contribution in [0, 0.1) is 5.92 Å². The van der Waals surface area contributed by atoms with E-state index in [-0.39, 0.29) is 0 Å². The Morgan fingerprint density at radius 1 is 1.41 bits per heavy atom. The van der Waals surface area contributed by atoms with Crippen molar-refractivity contribution in [2.24, 2.45) is 5.92 Å². The van der Waals surface area contributed by atoms with Gasteiger partial charge in [0.15, 0.2) is 0 Å². The third-order valence-corrected chi connectivity index (χ3v) is 3.95. The van der Waals surface area contributed by atoms with Crippen LogP contribution in [-0.2, 0) is 9.47 Å². The Bertz CT molecular complexity index is 177. The van der Waals surface area contributed by atoms with Gasteiger partial charge in [0.2, 0.25) is 0 Å². The monoisotopic (exact) mass is 263 g/mol. The first kappa shape index (κ1) is 15.2. The minimum absolute atomic E-state index is 0.388. The third kappa shape index (κ3) is 8.00. The molecule has 0 saturated carbocycles. The largest absolute Gasteiger partial charge is 0.389 e. The lowest BCUT2D eigenvalue weighted by Gasteiger charge is -2.14. The van der Waals surface area contributed by atoms with Gasteiger partial charge in [-0.3, -0.25) is 0 Å². The van der Waals surface area contributed by atoms with Crippen molar-refractivity contribution in [2.45, 2.75) is 19.4 Å². The minimum Gasteiger partial charge on any atom is -0.389 e. The van der Waals surface area contributed by atoms with Gasteiger partial charge in [0.05, 0.1) is 25.9 Å². The van der Waals surface area contributed by atoms with Crippen molar-refractivity contribution >= 4 is 11.8 Å². The normalized spacial score (nSPS) is 21.9. The summed E-state index contributed by atoms with van der Waals surface area (Å²) in [6.07, 6.45) is 0.893. The van der Waals surface area contributed by atoms with Crippen LogP contribution in [0.25, 0.3) is 0 Å². The van der Waals surface area contributed by atoms with Crippen LogP contribution in [0.4, 0.5) is 0 Å². The summed E-state index contributed by atoms with van der Waals surface area (Å²) in [5.41, 5.74) is 0. The quantitative estimate of drug-likeness (QED) is 0.570. The van der Waals surface area contributed by atoms with E-state index in [0.29, 0.717) is 33.0 Å². The summed E-state index contributed by atoms with van der Waals surface area (Å²) in [6, 6.07) is 0. The molecule has 4 nitrogen and oxygen atoms in total. The molecular formula is C12H25NO3S. The molecule has 17 heavy (non-hydrogen) atoms. The van der Waals surface area contributed by atoms with Crippen molar-refractivity contribution in [3.8, 4) is 0 Å². The molecule has 2 atom stereocenters. The Balaban J connectivity index is 1.84. The van der Waals surface area contributed by atoms with E-state index < -0.39 is 6.10 Å².